The Labute approximate surface area is 233 Å². The lowest BCUT2D eigenvalue weighted by molar-refractivity contribution is -0.119. The van der Waals surface area contributed by atoms with Gasteiger partial charge in [-0.15, -0.1) is 0 Å². The van der Waals surface area contributed by atoms with Crippen molar-refractivity contribution in [1.82, 2.24) is 9.88 Å². The topological polar surface area (TPSA) is 129 Å². The molecule has 1 aliphatic rings. The highest BCUT2D eigenvalue weighted by atomic mass is 32.2. The normalized spacial score (nSPS) is 13.3. The predicted molar refractivity (Wildman–Crippen MR) is 148 cm³/mol. The molecule has 2 aromatic carbocycles. The van der Waals surface area contributed by atoms with Gasteiger partial charge in [0.1, 0.15) is 34.7 Å². The molecule has 0 bridgehead atoms. The van der Waals surface area contributed by atoms with Crippen LogP contribution < -0.4 is 10.5 Å². The molecule has 1 aromatic heterocycles. The van der Waals surface area contributed by atoms with E-state index in [4.69, 9.17) is 15.2 Å². The smallest absolute Gasteiger partial charge is 0.254 e. The Morgan fingerprint density at radius 3 is 2.62 bits per heavy atom. The van der Waals surface area contributed by atoms with Gasteiger partial charge in [-0.05, 0) is 60.9 Å². The fourth-order valence-corrected chi connectivity index (χ4v) is 5.98. The first-order chi connectivity index (χ1) is 19.1. The van der Waals surface area contributed by atoms with Crippen molar-refractivity contribution < 1.29 is 31.9 Å². The van der Waals surface area contributed by atoms with Crippen LogP contribution in [0.4, 0.5) is 10.2 Å². The summed E-state index contributed by atoms with van der Waals surface area (Å²) < 4.78 is 51.7. The van der Waals surface area contributed by atoms with Gasteiger partial charge in [-0.3, -0.25) is 9.59 Å². The molecule has 0 atom stereocenters. The molecule has 0 saturated heterocycles. The molecule has 0 aliphatic carbocycles. The minimum atomic E-state index is -3.99. The van der Waals surface area contributed by atoms with Crippen molar-refractivity contribution in [3.8, 4) is 16.9 Å². The number of benzene rings is 2. The average molecular weight is 570 g/mol. The summed E-state index contributed by atoms with van der Waals surface area (Å²) in [5, 5.41) is 0. The van der Waals surface area contributed by atoms with E-state index >= 15 is 4.39 Å². The van der Waals surface area contributed by atoms with Crippen LogP contribution in [0.5, 0.6) is 5.75 Å². The van der Waals surface area contributed by atoms with E-state index in [2.05, 4.69) is 4.98 Å². The largest absolute Gasteiger partial charge is 0.491 e. The summed E-state index contributed by atoms with van der Waals surface area (Å²) in [7, 11) is -2.51. The van der Waals surface area contributed by atoms with Gasteiger partial charge in [0.25, 0.3) is 5.91 Å². The van der Waals surface area contributed by atoms with Crippen molar-refractivity contribution in [2.24, 2.45) is 0 Å². The van der Waals surface area contributed by atoms with Crippen LogP contribution in [0.25, 0.3) is 11.1 Å². The zero-order chi connectivity index (χ0) is 28.9. The molecule has 2 heterocycles. The molecule has 11 heteroatoms. The Kier molecular flexibility index (Phi) is 9.16. The fourth-order valence-electron chi connectivity index (χ4n) is 4.54. The van der Waals surface area contributed by atoms with Crippen LogP contribution >= 0.6 is 0 Å². The molecule has 0 fully saturated rings. The van der Waals surface area contributed by atoms with Crippen molar-refractivity contribution in [1.29, 1.82) is 0 Å². The lowest BCUT2D eigenvalue weighted by Gasteiger charge is -2.22. The van der Waals surface area contributed by atoms with Crippen molar-refractivity contribution in [2.45, 2.75) is 37.6 Å². The molecule has 0 radical (unpaired) electrons. The molecule has 1 aliphatic heterocycles. The zero-order valence-corrected chi connectivity index (χ0v) is 23.3. The molecule has 0 spiro atoms. The van der Waals surface area contributed by atoms with Crippen molar-refractivity contribution in [3.05, 3.63) is 71.2 Å². The Morgan fingerprint density at radius 1 is 1.12 bits per heavy atom. The number of halogens is 1. The van der Waals surface area contributed by atoms with Gasteiger partial charge in [-0.2, -0.15) is 0 Å². The lowest BCUT2D eigenvalue weighted by Crippen LogP contribution is -2.33. The number of Topliss-reactive ketones (excluding diaryl/α,β-unsaturated/α-hetero) is 1. The minimum absolute atomic E-state index is 0.0469. The van der Waals surface area contributed by atoms with Crippen molar-refractivity contribution in [2.75, 3.05) is 38.4 Å². The summed E-state index contributed by atoms with van der Waals surface area (Å²) >= 11 is 0. The van der Waals surface area contributed by atoms with Crippen LogP contribution in [0.2, 0.25) is 0 Å². The molecule has 3 aromatic rings. The molecule has 2 N–H and O–H groups in total. The number of aromatic nitrogens is 1. The summed E-state index contributed by atoms with van der Waals surface area (Å²) in [5.74, 6) is -0.821. The quantitative estimate of drug-likeness (QED) is 0.388. The third kappa shape index (κ3) is 6.65. The van der Waals surface area contributed by atoms with Gasteiger partial charge >= 0.3 is 0 Å². The minimum Gasteiger partial charge on any atom is -0.491 e. The first kappa shape index (κ1) is 29.2. The van der Waals surface area contributed by atoms with Crippen molar-refractivity contribution >= 4 is 27.3 Å². The van der Waals surface area contributed by atoms with E-state index in [1.54, 1.807) is 17.2 Å². The highest BCUT2D eigenvalue weighted by Crippen LogP contribution is 2.31. The number of amides is 1. The molecule has 4 rings (SSSR count). The highest BCUT2D eigenvalue weighted by Gasteiger charge is 2.27. The number of nitrogen functional groups attached to an aromatic ring is 1. The van der Waals surface area contributed by atoms with Gasteiger partial charge in [-0.1, -0.05) is 6.07 Å². The van der Waals surface area contributed by atoms with Crippen LogP contribution in [0.3, 0.4) is 0 Å². The zero-order valence-electron chi connectivity index (χ0n) is 22.5. The second-order valence-corrected chi connectivity index (χ2v) is 11.7. The molecular formula is C29H32FN3O6S. The van der Waals surface area contributed by atoms with Crippen LogP contribution in [0, 0.1) is 12.7 Å². The Bertz CT molecular complexity index is 1510. The number of ether oxygens (including phenoxy) is 2. The van der Waals surface area contributed by atoms with E-state index in [9.17, 15) is 18.0 Å². The van der Waals surface area contributed by atoms with E-state index in [-0.39, 0.29) is 68.2 Å². The molecule has 212 valence electrons. The number of nitrogens with zero attached hydrogens (tertiary/aromatic N) is 2. The number of ketones is 1. The number of hydrogen-bond acceptors (Lipinski definition) is 8. The fraction of sp³-hybridized carbons (Fsp3) is 0.345. The number of hydrogen-bond donors (Lipinski definition) is 1. The number of carbonyl (C=O) groups excluding carboxylic acids is 2. The third-order valence-electron chi connectivity index (χ3n) is 6.82. The summed E-state index contributed by atoms with van der Waals surface area (Å²) in [6.07, 6.45) is 2.01. The molecular weight excluding hydrogens is 537 g/mol. The summed E-state index contributed by atoms with van der Waals surface area (Å²) in [6, 6.07) is 11.7. The number of pyridine rings is 1. The number of nitrogens with two attached hydrogens (primary N) is 1. The molecule has 40 heavy (non-hydrogen) atoms. The van der Waals surface area contributed by atoms with E-state index in [1.807, 2.05) is 24.3 Å². The number of fused-ring (bicyclic) bond motifs is 1. The van der Waals surface area contributed by atoms with E-state index in [0.29, 0.717) is 11.6 Å². The van der Waals surface area contributed by atoms with E-state index in [0.717, 1.165) is 22.8 Å². The van der Waals surface area contributed by atoms with Crippen LogP contribution in [-0.4, -0.2) is 62.6 Å². The number of carbonyl (C=O) groups is 2. The second-order valence-electron chi connectivity index (χ2n) is 9.62. The third-order valence-corrected chi connectivity index (χ3v) is 8.63. The van der Waals surface area contributed by atoms with Gasteiger partial charge in [0, 0.05) is 49.4 Å². The molecule has 0 unspecified atom stereocenters. The van der Waals surface area contributed by atoms with Crippen LogP contribution in [0.15, 0.2) is 53.6 Å². The second kappa shape index (κ2) is 12.6. The monoisotopic (exact) mass is 569 g/mol. The van der Waals surface area contributed by atoms with Crippen molar-refractivity contribution in [3.63, 3.8) is 0 Å². The highest BCUT2D eigenvalue weighted by molar-refractivity contribution is 7.91. The number of rotatable bonds is 10. The first-order valence-corrected chi connectivity index (χ1v) is 14.6. The van der Waals surface area contributed by atoms with Gasteiger partial charge in [0.2, 0.25) is 0 Å². The van der Waals surface area contributed by atoms with E-state index in [1.165, 1.54) is 20.1 Å². The summed E-state index contributed by atoms with van der Waals surface area (Å²) in [4.78, 5) is 30.5. The van der Waals surface area contributed by atoms with Gasteiger partial charge in [0.15, 0.2) is 9.84 Å². The summed E-state index contributed by atoms with van der Waals surface area (Å²) in [6.45, 7) is 2.40. The van der Waals surface area contributed by atoms with Gasteiger partial charge in [0.05, 0.1) is 18.9 Å². The Hall–Kier alpha value is -3.83. The lowest BCUT2D eigenvalue weighted by atomic mass is 10.0. The molecule has 1 amide bonds. The standard InChI is InChI=1S/C29H32FN3O6S/c1-19-24(7-9-26(28(19)30)40(36,37)15-3-4-23(34)11-13-38-2)29(35)33-12-14-39-25-8-5-20(16-22(25)18-33)21-6-10-27(31)32-17-21/h5-10,16-17H,3-4,11-15,18H2,1-2H3,(H2,31,32). The SMILES string of the molecule is COCCC(=O)CCCS(=O)(=O)c1ccc(C(=O)N2CCOc3ccc(-c4ccc(N)nc4)cc3C2)c(C)c1F. The maximum Gasteiger partial charge on any atom is 0.254 e. The van der Waals surface area contributed by atoms with Crippen LogP contribution in [0.1, 0.15) is 40.7 Å². The maximum absolute atomic E-state index is 15.4. The number of methoxy groups -OCH3 is 1. The number of anilines is 1. The molecule has 0 saturated carbocycles. The Balaban J connectivity index is 1.51. The number of sulfone groups is 1. The first-order valence-electron chi connectivity index (χ1n) is 12.9. The summed E-state index contributed by atoms with van der Waals surface area (Å²) in [5.41, 5.74) is 8.23. The molecule has 9 nitrogen and oxygen atoms in total. The van der Waals surface area contributed by atoms with Gasteiger partial charge in [-0.25, -0.2) is 17.8 Å². The maximum atomic E-state index is 15.4. The van der Waals surface area contributed by atoms with Gasteiger partial charge < -0.3 is 20.1 Å². The average Bonchev–Trinajstić information content (AvgIpc) is 3.15. The predicted octanol–water partition coefficient (Wildman–Crippen LogP) is 3.97. The van der Waals surface area contributed by atoms with Crippen LogP contribution in [-0.2, 0) is 25.9 Å². The Morgan fingerprint density at radius 2 is 1.90 bits per heavy atom. The van der Waals surface area contributed by atoms with E-state index < -0.39 is 26.5 Å².